The van der Waals surface area contributed by atoms with Crippen LogP contribution >= 0.6 is 11.6 Å². The van der Waals surface area contributed by atoms with Crippen molar-refractivity contribution in [1.29, 1.82) is 0 Å². The Balaban J connectivity index is 2.32. The van der Waals surface area contributed by atoms with Gasteiger partial charge in [0, 0.05) is 21.4 Å². The summed E-state index contributed by atoms with van der Waals surface area (Å²) in [5, 5.41) is 11.6. The highest BCUT2D eigenvalue weighted by molar-refractivity contribution is 6.36. The predicted molar refractivity (Wildman–Crippen MR) is 69.4 cm³/mol. The molecule has 0 spiro atoms. The van der Waals surface area contributed by atoms with Gasteiger partial charge in [0.05, 0.1) is 12.5 Å². The van der Waals surface area contributed by atoms with Crippen molar-refractivity contribution in [3.05, 3.63) is 40.9 Å². The number of ether oxygens (including phenoxy) is 1. The third-order valence-electron chi connectivity index (χ3n) is 3.30. The molecule has 1 aliphatic heterocycles. The molecule has 0 amide bonds. The van der Waals surface area contributed by atoms with Crippen LogP contribution in [-0.2, 0) is 4.79 Å². The van der Waals surface area contributed by atoms with Gasteiger partial charge in [-0.15, -0.1) is 0 Å². The molecule has 3 nitrogen and oxygen atoms in total. The van der Waals surface area contributed by atoms with Crippen molar-refractivity contribution in [3.63, 3.8) is 0 Å². The van der Waals surface area contributed by atoms with Gasteiger partial charge in [-0.25, -0.2) is 0 Å². The number of aliphatic carboxylic acids is 1. The minimum Gasteiger partial charge on any atom is -0.493 e. The molecule has 92 valence electrons. The van der Waals surface area contributed by atoms with Crippen LogP contribution in [0.2, 0.25) is 5.02 Å². The highest BCUT2D eigenvalue weighted by Crippen LogP contribution is 2.42. The number of hydrogen-bond acceptors (Lipinski definition) is 2. The van der Waals surface area contributed by atoms with Gasteiger partial charge < -0.3 is 9.84 Å². The smallest absolute Gasteiger partial charge is 0.311 e. The lowest BCUT2D eigenvalue weighted by atomic mass is 9.91. The molecule has 4 heteroatoms. The van der Waals surface area contributed by atoms with E-state index in [0.717, 1.165) is 10.8 Å². The Morgan fingerprint density at radius 3 is 2.78 bits per heavy atom. The van der Waals surface area contributed by atoms with Crippen LogP contribution in [0.15, 0.2) is 30.3 Å². The summed E-state index contributed by atoms with van der Waals surface area (Å²) in [6.07, 6.45) is 0.483. The van der Waals surface area contributed by atoms with Crippen LogP contribution in [0.3, 0.4) is 0 Å². The number of carbonyl (C=O) groups is 1. The van der Waals surface area contributed by atoms with Crippen molar-refractivity contribution in [2.75, 3.05) is 6.61 Å². The fraction of sp³-hybridized carbons (Fsp3) is 0.214. The number of carboxylic acid groups (broad SMARTS) is 1. The van der Waals surface area contributed by atoms with E-state index in [2.05, 4.69) is 0 Å². The van der Waals surface area contributed by atoms with Crippen molar-refractivity contribution < 1.29 is 14.6 Å². The van der Waals surface area contributed by atoms with Gasteiger partial charge in [0.25, 0.3) is 0 Å². The number of halogens is 1. The topological polar surface area (TPSA) is 46.5 Å². The second-order valence-corrected chi connectivity index (χ2v) is 4.76. The van der Waals surface area contributed by atoms with Crippen LogP contribution in [0.5, 0.6) is 5.75 Å². The molecular formula is C14H11ClO3. The largest absolute Gasteiger partial charge is 0.493 e. The molecule has 0 saturated carbocycles. The van der Waals surface area contributed by atoms with Gasteiger partial charge in [0.2, 0.25) is 0 Å². The molecule has 2 aromatic rings. The molecule has 2 aromatic carbocycles. The van der Waals surface area contributed by atoms with Crippen LogP contribution in [-0.4, -0.2) is 17.7 Å². The van der Waals surface area contributed by atoms with Crippen molar-refractivity contribution in [3.8, 4) is 5.75 Å². The second-order valence-electron chi connectivity index (χ2n) is 4.35. The number of benzene rings is 2. The molecule has 0 bridgehead atoms. The summed E-state index contributed by atoms with van der Waals surface area (Å²) in [4.78, 5) is 11.3. The van der Waals surface area contributed by atoms with Gasteiger partial charge in [-0.3, -0.25) is 4.79 Å². The van der Waals surface area contributed by atoms with Crippen molar-refractivity contribution in [1.82, 2.24) is 0 Å². The lowest BCUT2D eigenvalue weighted by Crippen LogP contribution is -2.21. The van der Waals surface area contributed by atoms with E-state index in [4.69, 9.17) is 16.3 Å². The normalized spacial score (nSPS) is 18.2. The van der Waals surface area contributed by atoms with Crippen molar-refractivity contribution in [2.45, 2.75) is 12.3 Å². The zero-order valence-electron chi connectivity index (χ0n) is 9.52. The first-order valence-electron chi connectivity index (χ1n) is 5.75. The van der Waals surface area contributed by atoms with E-state index in [-0.39, 0.29) is 0 Å². The third-order valence-corrected chi connectivity index (χ3v) is 3.61. The standard InChI is InChI=1S/C14H11ClO3/c15-12-7-11-10(14(16)17)5-6-18-13(11)9-4-2-1-3-8(9)12/h1-4,7,10H,5-6H2,(H,16,17)/t10-/m0/s1. The number of fused-ring (bicyclic) bond motifs is 3. The van der Waals surface area contributed by atoms with Gasteiger partial charge in [-0.05, 0) is 12.5 Å². The van der Waals surface area contributed by atoms with Crippen LogP contribution in [0, 0.1) is 0 Å². The zero-order valence-corrected chi connectivity index (χ0v) is 10.3. The minimum atomic E-state index is -0.828. The molecular weight excluding hydrogens is 252 g/mol. The second kappa shape index (κ2) is 4.18. The SMILES string of the molecule is O=C(O)[C@H]1CCOc2c1cc(Cl)c1ccccc21. The molecule has 1 atom stereocenters. The average Bonchev–Trinajstić information content (AvgIpc) is 2.38. The lowest BCUT2D eigenvalue weighted by molar-refractivity contribution is -0.139. The molecule has 3 rings (SSSR count). The summed E-state index contributed by atoms with van der Waals surface area (Å²) < 4.78 is 5.65. The Hall–Kier alpha value is -1.74. The number of rotatable bonds is 1. The average molecular weight is 263 g/mol. The van der Waals surface area contributed by atoms with E-state index in [1.165, 1.54) is 0 Å². The molecule has 18 heavy (non-hydrogen) atoms. The Morgan fingerprint density at radius 2 is 2.06 bits per heavy atom. The molecule has 0 aliphatic carbocycles. The maximum Gasteiger partial charge on any atom is 0.311 e. The van der Waals surface area contributed by atoms with Gasteiger partial charge >= 0.3 is 5.97 Å². The Kier molecular flexibility index (Phi) is 2.63. The fourth-order valence-corrected chi connectivity index (χ4v) is 2.72. The quantitative estimate of drug-likeness (QED) is 0.856. The van der Waals surface area contributed by atoms with E-state index in [0.29, 0.717) is 29.4 Å². The molecule has 0 saturated heterocycles. The summed E-state index contributed by atoms with van der Waals surface area (Å²) in [6.45, 7) is 0.426. The minimum absolute atomic E-state index is 0.426. The summed E-state index contributed by atoms with van der Waals surface area (Å²) in [6, 6.07) is 9.33. The van der Waals surface area contributed by atoms with Crippen molar-refractivity contribution in [2.24, 2.45) is 0 Å². The van der Waals surface area contributed by atoms with Crippen LogP contribution in [0.1, 0.15) is 17.9 Å². The Morgan fingerprint density at radius 1 is 1.33 bits per heavy atom. The summed E-state index contributed by atoms with van der Waals surface area (Å²) in [5.74, 6) is -0.699. The molecule has 1 aliphatic rings. The van der Waals surface area contributed by atoms with Gasteiger partial charge in [-0.2, -0.15) is 0 Å². The summed E-state index contributed by atoms with van der Waals surface area (Å²) in [7, 11) is 0. The van der Waals surface area contributed by atoms with Crippen LogP contribution in [0.25, 0.3) is 10.8 Å². The molecule has 1 heterocycles. The highest BCUT2D eigenvalue weighted by Gasteiger charge is 2.29. The van der Waals surface area contributed by atoms with Crippen molar-refractivity contribution >= 4 is 28.3 Å². The molecule has 0 fully saturated rings. The van der Waals surface area contributed by atoms with E-state index < -0.39 is 11.9 Å². The third kappa shape index (κ3) is 1.63. The zero-order chi connectivity index (χ0) is 12.7. The van der Waals surface area contributed by atoms with E-state index >= 15 is 0 Å². The molecule has 1 N–H and O–H groups in total. The van der Waals surface area contributed by atoms with Gasteiger partial charge in [-0.1, -0.05) is 35.9 Å². The van der Waals surface area contributed by atoms with E-state index in [1.807, 2.05) is 24.3 Å². The van der Waals surface area contributed by atoms with E-state index in [1.54, 1.807) is 6.07 Å². The maximum atomic E-state index is 11.3. The van der Waals surface area contributed by atoms with E-state index in [9.17, 15) is 9.90 Å². The highest BCUT2D eigenvalue weighted by atomic mass is 35.5. The first-order valence-corrected chi connectivity index (χ1v) is 6.13. The first kappa shape index (κ1) is 11.4. The molecule has 0 unspecified atom stereocenters. The summed E-state index contributed by atoms with van der Waals surface area (Å²) in [5.41, 5.74) is 0.678. The lowest BCUT2D eigenvalue weighted by Gasteiger charge is -2.24. The maximum absolute atomic E-state index is 11.3. The molecule has 0 radical (unpaired) electrons. The Bertz CT molecular complexity index is 636. The van der Waals surface area contributed by atoms with Crippen LogP contribution < -0.4 is 4.74 Å². The monoisotopic (exact) mass is 262 g/mol. The number of hydrogen-bond donors (Lipinski definition) is 1. The number of carboxylic acids is 1. The van der Waals surface area contributed by atoms with Crippen LogP contribution in [0.4, 0.5) is 0 Å². The first-order chi connectivity index (χ1) is 8.68. The van der Waals surface area contributed by atoms with Gasteiger partial charge in [0.15, 0.2) is 0 Å². The molecule has 0 aromatic heterocycles. The Labute approximate surface area is 109 Å². The fourth-order valence-electron chi connectivity index (χ4n) is 2.44. The van der Waals surface area contributed by atoms with Gasteiger partial charge in [0.1, 0.15) is 5.75 Å². The predicted octanol–water partition coefficient (Wildman–Crippen LogP) is 3.44. The summed E-state index contributed by atoms with van der Waals surface area (Å²) >= 11 is 6.22.